The molecule has 0 aromatic rings. The van der Waals surface area contributed by atoms with Gasteiger partial charge in [0.05, 0.1) is 31.5 Å². The topological polar surface area (TPSA) is 118 Å². The first-order valence-electron chi connectivity index (χ1n) is 17.0. The summed E-state index contributed by atoms with van der Waals surface area (Å²) < 4.78 is 0. The van der Waals surface area contributed by atoms with E-state index in [2.05, 4.69) is 39.0 Å². The van der Waals surface area contributed by atoms with Crippen LogP contribution in [0, 0.1) is 61.6 Å². The summed E-state index contributed by atoms with van der Waals surface area (Å²) in [5, 5.41) is 56.7. The number of carbonyl (C=O) groups excluding carboxylic acids is 1. The van der Waals surface area contributed by atoms with E-state index >= 15 is 4.79 Å². The monoisotopic (exact) mass is 580 g/mol. The van der Waals surface area contributed by atoms with E-state index in [1.54, 1.807) is 0 Å². The van der Waals surface area contributed by atoms with E-state index < -0.39 is 41.2 Å². The summed E-state index contributed by atoms with van der Waals surface area (Å²) in [5.74, 6) is 0.193. The van der Waals surface area contributed by atoms with Crippen LogP contribution in [0.2, 0.25) is 0 Å². The van der Waals surface area contributed by atoms with E-state index in [1.807, 2.05) is 0 Å². The van der Waals surface area contributed by atoms with E-state index in [4.69, 9.17) is 0 Å². The Morgan fingerprint density at radius 2 is 1.74 bits per heavy atom. The Morgan fingerprint density at radius 1 is 0.976 bits per heavy atom. The molecule has 1 spiro atoms. The number of ketones is 1. The van der Waals surface area contributed by atoms with Crippen LogP contribution in [0.3, 0.4) is 0 Å². The molecule has 0 unspecified atom stereocenters. The Morgan fingerprint density at radius 3 is 2.48 bits per heavy atom. The maximum atomic E-state index is 15.0. The van der Waals surface area contributed by atoms with Gasteiger partial charge in [-0.05, 0) is 117 Å². The highest BCUT2D eigenvalue weighted by Crippen LogP contribution is 2.84. The number of aliphatic hydroxyl groups excluding tert-OH is 5. The van der Waals surface area contributed by atoms with Gasteiger partial charge in [-0.1, -0.05) is 38.5 Å². The van der Waals surface area contributed by atoms with Crippen LogP contribution in [0.5, 0.6) is 0 Å². The predicted octanol–water partition coefficient (Wildman–Crippen LogP) is 4.32. The zero-order valence-corrected chi connectivity index (χ0v) is 25.8. The molecule has 5 N–H and O–H groups in total. The van der Waals surface area contributed by atoms with Crippen LogP contribution >= 0.6 is 0 Å². The fourth-order valence-corrected chi connectivity index (χ4v) is 15.0. The van der Waals surface area contributed by atoms with E-state index in [-0.39, 0.29) is 51.8 Å². The quantitative estimate of drug-likeness (QED) is 0.317. The molecule has 0 aromatic heterocycles. The number of rotatable bonds is 3. The Bertz CT molecular complexity index is 1280. The van der Waals surface area contributed by atoms with Gasteiger partial charge in [0.15, 0.2) is 5.78 Å². The number of hydrogen-bond acceptors (Lipinski definition) is 6. The molecule has 0 heterocycles. The maximum Gasteiger partial charge on any atom is 0.159 e. The Balaban J connectivity index is 1.35. The van der Waals surface area contributed by atoms with E-state index in [0.29, 0.717) is 25.2 Å². The molecule has 9 aliphatic carbocycles. The first-order valence-corrected chi connectivity index (χ1v) is 17.0. The van der Waals surface area contributed by atoms with Crippen molar-refractivity contribution in [2.75, 3.05) is 13.2 Å². The lowest BCUT2D eigenvalue weighted by atomic mass is 9.25. The average Bonchev–Trinajstić information content (AvgIpc) is 3.19. The van der Waals surface area contributed by atoms with E-state index in [0.717, 1.165) is 51.4 Å². The molecule has 6 nitrogen and oxygen atoms in total. The highest BCUT2D eigenvalue weighted by molar-refractivity contribution is 5.96. The van der Waals surface area contributed by atoms with Crippen molar-refractivity contribution in [3.63, 3.8) is 0 Å². The fourth-order valence-electron chi connectivity index (χ4n) is 15.0. The molecule has 232 valence electrons. The summed E-state index contributed by atoms with van der Waals surface area (Å²) in [4.78, 5) is 15.0. The van der Waals surface area contributed by atoms with E-state index in [1.165, 1.54) is 12.0 Å². The van der Waals surface area contributed by atoms with Crippen molar-refractivity contribution in [3.8, 4) is 0 Å². The van der Waals surface area contributed by atoms with Gasteiger partial charge in [-0.15, -0.1) is 0 Å². The predicted molar refractivity (Wildman–Crippen MR) is 158 cm³/mol. The molecule has 0 aromatic carbocycles. The molecule has 14 atom stereocenters. The number of aliphatic hydroxyl groups is 5. The molecule has 9 rings (SSSR count). The second-order valence-corrected chi connectivity index (χ2v) is 17.4. The third-order valence-corrected chi connectivity index (χ3v) is 16.7. The van der Waals surface area contributed by atoms with Crippen molar-refractivity contribution in [3.05, 3.63) is 23.8 Å². The van der Waals surface area contributed by atoms with Crippen molar-refractivity contribution in [1.82, 2.24) is 0 Å². The second-order valence-electron chi connectivity index (χ2n) is 17.4. The largest absolute Gasteiger partial charge is 0.396 e. The summed E-state index contributed by atoms with van der Waals surface area (Å²) in [5.41, 5.74) is -1.49. The minimum absolute atomic E-state index is 0.00569. The molecular weight excluding hydrogens is 528 g/mol. The summed E-state index contributed by atoms with van der Waals surface area (Å²) in [6, 6.07) is 0. The number of hydrogen-bond donors (Lipinski definition) is 5. The summed E-state index contributed by atoms with van der Waals surface area (Å²) in [7, 11) is 0. The Kier molecular flexibility index (Phi) is 5.68. The number of fused-ring (bicyclic) bond motifs is 4. The SMILES string of the molecule is C[C@@]12CC[C@@H]3CC[C@@]45C[C@H](O)[C@](CO)(CC1)[C@]3(C2)C4=CC(=O)[C@@H]1[C@@]2(C)[C@@H]3C=CC[C@@]([C@H](O)CO)([C@@H](O)C3)[C@H]2CC[C@]15C. The minimum atomic E-state index is -1.05. The molecular formula is C36H52O6. The standard InChI is InChI=1S/C36H52O6/c1-30-10-6-21-7-12-33-17-27(41)34(20-38,14-13-30)36(21,19-30)25(33)16-23(39)29-31(33,2)11-8-24-32(29,3)22-5-4-9-35(24,26(40)15-22)28(42)18-37/h4-5,16,21-22,24,26-29,37-38,40-42H,6-15,17-20H2,1-3H3/t21-,22-,24+,26+,27+,28-,29+,30-,31-,32+,33-,34-,35+,36+/m1/s1. The molecule has 0 radical (unpaired) electrons. The zero-order chi connectivity index (χ0) is 29.7. The lowest BCUT2D eigenvalue weighted by Gasteiger charge is -2.79. The van der Waals surface area contributed by atoms with Gasteiger partial charge in [-0.2, -0.15) is 0 Å². The minimum Gasteiger partial charge on any atom is -0.396 e. The fraction of sp³-hybridized carbons (Fsp3) is 0.861. The van der Waals surface area contributed by atoms with Gasteiger partial charge < -0.3 is 25.5 Å². The zero-order valence-electron chi connectivity index (χ0n) is 25.8. The van der Waals surface area contributed by atoms with Crippen LogP contribution in [-0.4, -0.2) is 62.8 Å². The second kappa shape index (κ2) is 8.40. The highest BCUT2D eigenvalue weighted by Gasteiger charge is 2.80. The van der Waals surface area contributed by atoms with Crippen molar-refractivity contribution in [2.45, 2.75) is 116 Å². The molecule has 0 amide bonds. The molecule has 9 aliphatic rings. The van der Waals surface area contributed by atoms with Crippen LogP contribution in [0.25, 0.3) is 0 Å². The first-order chi connectivity index (χ1) is 19.9. The molecule has 5 bridgehead atoms. The van der Waals surface area contributed by atoms with Crippen LogP contribution < -0.4 is 0 Å². The van der Waals surface area contributed by atoms with Crippen LogP contribution in [-0.2, 0) is 4.79 Å². The van der Waals surface area contributed by atoms with Gasteiger partial charge >= 0.3 is 0 Å². The van der Waals surface area contributed by atoms with Gasteiger partial charge in [-0.25, -0.2) is 0 Å². The summed E-state index contributed by atoms with van der Waals surface area (Å²) in [6.45, 7) is 6.61. The lowest BCUT2D eigenvalue weighted by molar-refractivity contribution is -0.282. The van der Waals surface area contributed by atoms with Crippen LogP contribution in [0.15, 0.2) is 23.8 Å². The average molecular weight is 581 g/mol. The Hall–Kier alpha value is -1.05. The molecule has 0 saturated heterocycles. The van der Waals surface area contributed by atoms with Gasteiger partial charge in [0.2, 0.25) is 0 Å². The van der Waals surface area contributed by atoms with Crippen LogP contribution in [0.4, 0.5) is 0 Å². The first kappa shape index (κ1) is 28.4. The maximum absolute atomic E-state index is 15.0. The smallest absolute Gasteiger partial charge is 0.159 e. The van der Waals surface area contributed by atoms with Crippen molar-refractivity contribution < 1.29 is 30.3 Å². The molecule has 6 saturated carbocycles. The summed E-state index contributed by atoms with van der Waals surface area (Å²) in [6.07, 6.45) is 14.4. The van der Waals surface area contributed by atoms with Crippen LogP contribution in [0.1, 0.15) is 97.8 Å². The molecule has 6 fully saturated rings. The third-order valence-electron chi connectivity index (χ3n) is 16.7. The number of allylic oxidation sites excluding steroid dienone is 4. The molecule has 6 heteroatoms. The molecule has 42 heavy (non-hydrogen) atoms. The van der Waals surface area contributed by atoms with Gasteiger partial charge in [0.25, 0.3) is 0 Å². The Labute approximate surface area is 250 Å². The van der Waals surface area contributed by atoms with Gasteiger partial charge in [-0.3, -0.25) is 4.79 Å². The lowest BCUT2D eigenvalue weighted by Crippen LogP contribution is -2.76. The van der Waals surface area contributed by atoms with Crippen molar-refractivity contribution in [2.24, 2.45) is 61.6 Å². The number of carbonyl (C=O) groups is 1. The summed E-state index contributed by atoms with van der Waals surface area (Å²) >= 11 is 0. The highest BCUT2D eigenvalue weighted by atomic mass is 16.3. The van der Waals surface area contributed by atoms with E-state index in [9.17, 15) is 25.5 Å². The normalized spacial score (nSPS) is 59.6. The van der Waals surface area contributed by atoms with Gasteiger partial charge in [0.1, 0.15) is 0 Å². The molecule has 0 aliphatic heterocycles. The third kappa shape index (κ3) is 2.75. The van der Waals surface area contributed by atoms with Gasteiger partial charge in [0, 0.05) is 27.6 Å². The van der Waals surface area contributed by atoms with Crippen molar-refractivity contribution >= 4 is 5.78 Å². The van der Waals surface area contributed by atoms with Crippen molar-refractivity contribution in [1.29, 1.82) is 0 Å².